The number of anilines is 1. The highest BCUT2D eigenvalue weighted by molar-refractivity contribution is 14.1. The molecule has 1 aliphatic heterocycles. The Hall–Kier alpha value is -0.0000000000000000763. The summed E-state index contributed by atoms with van der Waals surface area (Å²) in [5, 5.41) is 4.55. The third-order valence-electron chi connectivity index (χ3n) is 4.43. The number of hydrogen-bond acceptors (Lipinski definition) is 2. The zero-order valence-electron chi connectivity index (χ0n) is 12.7. The zero-order valence-corrected chi connectivity index (χ0v) is 15.6. The predicted octanol–water partition coefficient (Wildman–Crippen LogP) is 4.55. The first-order valence-electron chi connectivity index (χ1n) is 7.33. The Labute approximate surface area is 141 Å². The number of nitrogens with zero attached hydrogens (tertiary/aromatic N) is 1. The fraction of sp³-hybridized carbons (Fsp3) is 0.625. The molecule has 1 aromatic carbocycles. The lowest BCUT2D eigenvalue weighted by molar-refractivity contribution is 0.253. The minimum Gasteiger partial charge on any atom is -0.364 e. The van der Waals surface area contributed by atoms with E-state index in [0.29, 0.717) is 12.0 Å². The molecule has 0 aliphatic carbocycles. The summed E-state index contributed by atoms with van der Waals surface area (Å²) in [6, 6.07) is 6.76. The van der Waals surface area contributed by atoms with E-state index in [9.17, 15) is 0 Å². The molecule has 1 aliphatic rings. The number of benzene rings is 1. The molecule has 1 N–H and O–H groups in total. The van der Waals surface area contributed by atoms with Crippen molar-refractivity contribution < 1.29 is 0 Å². The van der Waals surface area contributed by atoms with E-state index in [1.54, 1.807) is 0 Å². The summed E-state index contributed by atoms with van der Waals surface area (Å²) in [6.45, 7) is 11.3. The molecule has 0 saturated carbocycles. The van der Waals surface area contributed by atoms with Crippen LogP contribution in [-0.2, 0) is 0 Å². The molecular weight excluding hydrogens is 383 g/mol. The van der Waals surface area contributed by atoms with Gasteiger partial charge in [0.1, 0.15) is 0 Å². The van der Waals surface area contributed by atoms with Crippen molar-refractivity contribution in [3.8, 4) is 0 Å². The monoisotopic (exact) mass is 406 g/mol. The Morgan fingerprint density at radius 3 is 2.75 bits per heavy atom. The summed E-state index contributed by atoms with van der Waals surface area (Å²) < 4.78 is 1.24. The molecule has 1 saturated heterocycles. The van der Waals surface area contributed by atoms with Gasteiger partial charge in [-0.05, 0) is 60.1 Å². The van der Waals surface area contributed by atoms with Gasteiger partial charge in [0, 0.05) is 33.3 Å². The highest BCUT2D eigenvalue weighted by atomic mass is 127. The van der Waals surface area contributed by atoms with Crippen LogP contribution < -0.4 is 10.2 Å². The van der Waals surface area contributed by atoms with Crippen LogP contribution in [0.3, 0.4) is 0 Å². The van der Waals surface area contributed by atoms with Gasteiger partial charge >= 0.3 is 0 Å². The van der Waals surface area contributed by atoms with Crippen LogP contribution in [0.5, 0.6) is 0 Å². The van der Waals surface area contributed by atoms with Crippen molar-refractivity contribution >= 4 is 39.9 Å². The molecule has 1 heterocycles. The maximum atomic E-state index is 6.10. The van der Waals surface area contributed by atoms with Crippen LogP contribution >= 0.6 is 34.2 Å². The molecule has 1 aromatic rings. The number of halogens is 2. The minimum absolute atomic E-state index is 0.189. The number of rotatable bonds is 3. The molecule has 2 atom stereocenters. The molecule has 2 unspecified atom stereocenters. The van der Waals surface area contributed by atoms with Crippen molar-refractivity contribution in [1.29, 1.82) is 0 Å². The highest BCUT2D eigenvalue weighted by Gasteiger charge is 2.36. The highest BCUT2D eigenvalue weighted by Crippen LogP contribution is 2.32. The van der Waals surface area contributed by atoms with Gasteiger partial charge in [0.25, 0.3) is 0 Å². The van der Waals surface area contributed by atoms with Gasteiger partial charge in [-0.2, -0.15) is 0 Å². The first kappa shape index (κ1) is 16.4. The first-order chi connectivity index (χ1) is 9.36. The molecule has 0 amide bonds. The molecule has 1 fully saturated rings. The van der Waals surface area contributed by atoms with Crippen molar-refractivity contribution in [2.24, 2.45) is 5.92 Å². The van der Waals surface area contributed by atoms with Gasteiger partial charge in [0.15, 0.2) is 0 Å². The third kappa shape index (κ3) is 3.42. The van der Waals surface area contributed by atoms with Gasteiger partial charge in [-0.25, -0.2) is 0 Å². The molecule has 0 spiro atoms. The fourth-order valence-corrected chi connectivity index (χ4v) is 4.00. The topological polar surface area (TPSA) is 15.3 Å². The van der Waals surface area contributed by atoms with Gasteiger partial charge in [0.2, 0.25) is 0 Å². The molecule has 112 valence electrons. The average molecular weight is 407 g/mol. The molecule has 2 nitrogen and oxygen atoms in total. The Bertz CT molecular complexity index is 478. The standard InChI is InChI=1S/C16H24ClIN2/c1-5-16(4)10-20(15(9-19-16)11(2)3)14-7-6-12(17)8-13(14)18/h6-8,11,15,19H,5,9-10H2,1-4H3. The van der Waals surface area contributed by atoms with E-state index in [-0.39, 0.29) is 5.54 Å². The molecule has 20 heavy (non-hydrogen) atoms. The van der Waals surface area contributed by atoms with Crippen LogP contribution in [0.4, 0.5) is 5.69 Å². The number of piperazine rings is 1. The van der Waals surface area contributed by atoms with Crippen LogP contribution in [0, 0.1) is 9.49 Å². The van der Waals surface area contributed by atoms with Crippen molar-refractivity contribution in [3.05, 3.63) is 26.8 Å². The Balaban J connectivity index is 2.36. The smallest absolute Gasteiger partial charge is 0.0506 e. The van der Waals surface area contributed by atoms with Crippen molar-refractivity contribution in [1.82, 2.24) is 5.32 Å². The minimum atomic E-state index is 0.189. The van der Waals surface area contributed by atoms with E-state index >= 15 is 0 Å². The van der Waals surface area contributed by atoms with Crippen LogP contribution in [-0.4, -0.2) is 24.7 Å². The lowest BCUT2D eigenvalue weighted by Crippen LogP contribution is -2.64. The van der Waals surface area contributed by atoms with Crippen molar-refractivity contribution in [2.75, 3.05) is 18.0 Å². The molecule has 0 bridgehead atoms. The van der Waals surface area contributed by atoms with Crippen molar-refractivity contribution in [3.63, 3.8) is 0 Å². The second-order valence-corrected chi connectivity index (χ2v) is 7.93. The zero-order chi connectivity index (χ0) is 14.9. The number of hydrogen-bond donors (Lipinski definition) is 1. The lowest BCUT2D eigenvalue weighted by atomic mass is 9.89. The van der Waals surface area contributed by atoms with Gasteiger partial charge in [-0.15, -0.1) is 0 Å². The Kier molecular flexibility index (Phi) is 5.24. The van der Waals surface area contributed by atoms with E-state index in [1.807, 2.05) is 6.07 Å². The fourth-order valence-electron chi connectivity index (χ4n) is 2.82. The summed E-state index contributed by atoms with van der Waals surface area (Å²) >= 11 is 8.50. The van der Waals surface area contributed by atoms with E-state index < -0.39 is 0 Å². The summed E-state index contributed by atoms with van der Waals surface area (Å²) in [5.41, 5.74) is 1.50. The lowest BCUT2D eigenvalue weighted by Gasteiger charge is -2.49. The van der Waals surface area contributed by atoms with Crippen LogP contribution in [0.1, 0.15) is 34.1 Å². The largest absolute Gasteiger partial charge is 0.364 e. The summed E-state index contributed by atoms with van der Waals surface area (Å²) in [6.07, 6.45) is 1.14. The molecule has 4 heteroatoms. The SMILES string of the molecule is CCC1(C)CN(c2ccc(Cl)cc2I)C(C(C)C)CN1. The van der Waals surface area contributed by atoms with E-state index in [4.69, 9.17) is 11.6 Å². The normalized spacial score (nSPS) is 27.1. The number of nitrogens with one attached hydrogen (secondary N) is 1. The Morgan fingerprint density at radius 2 is 2.20 bits per heavy atom. The quantitative estimate of drug-likeness (QED) is 0.741. The Morgan fingerprint density at radius 1 is 1.50 bits per heavy atom. The maximum Gasteiger partial charge on any atom is 0.0506 e. The summed E-state index contributed by atoms with van der Waals surface area (Å²) in [4.78, 5) is 2.57. The molecule has 2 rings (SSSR count). The van der Waals surface area contributed by atoms with Crippen LogP contribution in [0.2, 0.25) is 5.02 Å². The molecule has 0 aromatic heterocycles. The van der Waals surface area contributed by atoms with E-state index in [2.05, 4.69) is 72.6 Å². The van der Waals surface area contributed by atoms with Gasteiger partial charge < -0.3 is 10.2 Å². The van der Waals surface area contributed by atoms with Crippen LogP contribution in [0.15, 0.2) is 18.2 Å². The van der Waals surface area contributed by atoms with E-state index in [0.717, 1.165) is 24.5 Å². The summed E-state index contributed by atoms with van der Waals surface area (Å²) in [5.74, 6) is 0.621. The van der Waals surface area contributed by atoms with E-state index in [1.165, 1.54) is 9.26 Å². The molecular formula is C16H24ClIN2. The van der Waals surface area contributed by atoms with Crippen LogP contribution in [0.25, 0.3) is 0 Å². The average Bonchev–Trinajstić information content (AvgIpc) is 2.38. The second kappa shape index (κ2) is 6.41. The second-order valence-electron chi connectivity index (χ2n) is 6.33. The maximum absolute atomic E-state index is 6.10. The van der Waals surface area contributed by atoms with Gasteiger partial charge in [0.05, 0.1) is 5.69 Å². The van der Waals surface area contributed by atoms with Gasteiger partial charge in [-0.1, -0.05) is 32.4 Å². The third-order valence-corrected chi connectivity index (χ3v) is 5.53. The van der Waals surface area contributed by atoms with Crippen molar-refractivity contribution in [2.45, 2.75) is 45.7 Å². The first-order valence-corrected chi connectivity index (χ1v) is 8.78. The molecule has 0 radical (unpaired) electrons. The van der Waals surface area contributed by atoms with Gasteiger partial charge in [-0.3, -0.25) is 0 Å². The summed E-state index contributed by atoms with van der Waals surface area (Å²) in [7, 11) is 0. The predicted molar refractivity (Wildman–Crippen MR) is 96.8 cm³/mol.